The molecule has 0 unspecified atom stereocenters. The average molecular weight is 524 g/mol. The molecule has 3 rings (SSSR count). The number of piperidine rings is 1. The Bertz CT molecular complexity index is 752. The molecule has 1 aromatic heterocycles. The maximum absolute atomic E-state index is 4.88. The Morgan fingerprint density at radius 3 is 2.63 bits per heavy atom. The fraction of sp³-hybridized carbons (Fsp3) is 0.565. The Morgan fingerprint density at radius 1 is 1.23 bits per heavy atom. The quantitative estimate of drug-likeness (QED) is 0.309. The van der Waals surface area contributed by atoms with Crippen molar-refractivity contribution in [2.24, 2.45) is 10.9 Å². The molecule has 7 heteroatoms. The standard InChI is InChI=1S/C23H36N6.HI/c1-4-24-23(25-14-11-19-12-15-29(5-2)16-13-19)28(3)18-22-26-17-21(27-22)20-9-7-6-8-10-20;/h6-10,17,19H,4-5,11-16,18H2,1-3H3,(H,24,25)(H,26,27);1H. The fourth-order valence-corrected chi connectivity index (χ4v) is 3.92. The van der Waals surface area contributed by atoms with Gasteiger partial charge >= 0.3 is 0 Å². The summed E-state index contributed by atoms with van der Waals surface area (Å²) in [6.45, 7) is 10.5. The SMILES string of the molecule is CCNC(=NCCC1CCN(CC)CC1)N(C)Cc1ncc(-c2ccccc2)[nH]1.I. The number of nitrogens with one attached hydrogen (secondary N) is 2. The van der Waals surface area contributed by atoms with Crippen LogP contribution in [0.2, 0.25) is 0 Å². The molecule has 1 aliphatic rings. The van der Waals surface area contributed by atoms with E-state index in [2.05, 4.69) is 58.1 Å². The van der Waals surface area contributed by atoms with E-state index in [4.69, 9.17) is 4.99 Å². The highest BCUT2D eigenvalue weighted by Gasteiger charge is 2.17. The number of halogens is 1. The molecule has 166 valence electrons. The zero-order valence-electron chi connectivity index (χ0n) is 18.6. The minimum Gasteiger partial charge on any atom is -0.357 e. The third-order valence-corrected chi connectivity index (χ3v) is 5.75. The zero-order chi connectivity index (χ0) is 20.5. The number of nitrogens with zero attached hydrogens (tertiary/aromatic N) is 4. The van der Waals surface area contributed by atoms with Crippen LogP contribution in [0, 0.1) is 5.92 Å². The molecule has 0 spiro atoms. The number of likely N-dealkylation sites (tertiary alicyclic amines) is 1. The number of rotatable bonds is 8. The molecular weight excluding hydrogens is 487 g/mol. The maximum Gasteiger partial charge on any atom is 0.194 e. The Kier molecular flexibility index (Phi) is 10.6. The normalized spacial score (nSPS) is 15.6. The van der Waals surface area contributed by atoms with Gasteiger partial charge in [0.15, 0.2) is 5.96 Å². The Balaban J connectivity index is 0.00000320. The van der Waals surface area contributed by atoms with E-state index in [0.29, 0.717) is 6.54 Å². The van der Waals surface area contributed by atoms with E-state index in [0.717, 1.165) is 42.0 Å². The van der Waals surface area contributed by atoms with E-state index >= 15 is 0 Å². The fourth-order valence-electron chi connectivity index (χ4n) is 3.92. The van der Waals surface area contributed by atoms with Crippen LogP contribution in [0.1, 0.15) is 38.9 Å². The topological polar surface area (TPSA) is 59.6 Å². The number of aliphatic imine (C=N–C) groups is 1. The number of imidazole rings is 1. The Labute approximate surface area is 198 Å². The van der Waals surface area contributed by atoms with E-state index < -0.39 is 0 Å². The van der Waals surface area contributed by atoms with E-state index in [-0.39, 0.29) is 24.0 Å². The van der Waals surface area contributed by atoms with Crippen molar-refractivity contribution in [2.45, 2.75) is 39.7 Å². The molecular formula is C23H37IN6. The van der Waals surface area contributed by atoms with Crippen molar-refractivity contribution in [3.8, 4) is 11.3 Å². The van der Waals surface area contributed by atoms with Crippen molar-refractivity contribution in [2.75, 3.05) is 39.8 Å². The molecule has 6 nitrogen and oxygen atoms in total. The number of hydrogen-bond acceptors (Lipinski definition) is 3. The summed E-state index contributed by atoms with van der Waals surface area (Å²) in [5.41, 5.74) is 2.21. The van der Waals surface area contributed by atoms with Crippen LogP contribution in [0.25, 0.3) is 11.3 Å². The summed E-state index contributed by atoms with van der Waals surface area (Å²) in [7, 11) is 2.08. The molecule has 1 fully saturated rings. The van der Waals surface area contributed by atoms with E-state index in [1.165, 1.54) is 38.9 Å². The second-order valence-corrected chi connectivity index (χ2v) is 7.87. The highest BCUT2D eigenvalue weighted by molar-refractivity contribution is 14.0. The molecule has 30 heavy (non-hydrogen) atoms. The first-order chi connectivity index (χ1) is 14.2. The molecule has 1 saturated heterocycles. The summed E-state index contributed by atoms with van der Waals surface area (Å²) < 4.78 is 0. The summed E-state index contributed by atoms with van der Waals surface area (Å²) in [6.07, 6.45) is 5.71. The minimum atomic E-state index is 0. The van der Waals surface area contributed by atoms with Crippen molar-refractivity contribution >= 4 is 29.9 Å². The van der Waals surface area contributed by atoms with Crippen molar-refractivity contribution in [3.63, 3.8) is 0 Å². The molecule has 2 N–H and O–H groups in total. The van der Waals surface area contributed by atoms with Gasteiger partial charge in [-0.25, -0.2) is 4.98 Å². The lowest BCUT2D eigenvalue weighted by Crippen LogP contribution is -2.39. The predicted molar refractivity (Wildman–Crippen MR) is 136 cm³/mol. The highest BCUT2D eigenvalue weighted by atomic mass is 127. The zero-order valence-corrected chi connectivity index (χ0v) is 20.9. The van der Waals surface area contributed by atoms with Crippen LogP contribution < -0.4 is 5.32 Å². The van der Waals surface area contributed by atoms with E-state index in [1.807, 2.05) is 24.4 Å². The predicted octanol–water partition coefficient (Wildman–Crippen LogP) is 4.21. The van der Waals surface area contributed by atoms with Gasteiger partial charge < -0.3 is 20.1 Å². The summed E-state index contributed by atoms with van der Waals surface area (Å²) in [6, 6.07) is 10.3. The van der Waals surface area contributed by atoms with Crippen LogP contribution >= 0.6 is 24.0 Å². The smallest absolute Gasteiger partial charge is 0.194 e. The van der Waals surface area contributed by atoms with Crippen LogP contribution in [-0.2, 0) is 6.54 Å². The van der Waals surface area contributed by atoms with Crippen LogP contribution in [0.5, 0.6) is 0 Å². The Morgan fingerprint density at radius 2 is 1.97 bits per heavy atom. The molecule has 0 aliphatic carbocycles. The molecule has 0 bridgehead atoms. The van der Waals surface area contributed by atoms with Gasteiger partial charge in [0.25, 0.3) is 0 Å². The maximum atomic E-state index is 4.88. The van der Waals surface area contributed by atoms with Gasteiger partial charge in [0.05, 0.1) is 18.4 Å². The monoisotopic (exact) mass is 524 g/mol. The largest absolute Gasteiger partial charge is 0.357 e. The van der Waals surface area contributed by atoms with E-state index in [9.17, 15) is 0 Å². The van der Waals surface area contributed by atoms with Gasteiger partial charge in [-0.15, -0.1) is 24.0 Å². The second kappa shape index (κ2) is 12.9. The molecule has 0 radical (unpaired) electrons. The lowest BCUT2D eigenvalue weighted by atomic mass is 9.94. The number of benzene rings is 1. The lowest BCUT2D eigenvalue weighted by molar-refractivity contribution is 0.188. The third kappa shape index (κ3) is 7.27. The number of aromatic nitrogens is 2. The highest BCUT2D eigenvalue weighted by Crippen LogP contribution is 2.20. The van der Waals surface area contributed by atoms with Gasteiger partial charge in [0.1, 0.15) is 5.82 Å². The van der Waals surface area contributed by atoms with Crippen molar-refractivity contribution in [1.82, 2.24) is 25.1 Å². The second-order valence-electron chi connectivity index (χ2n) is 7.87. The first-order valence-electron chi connectivity index (χ1n) is 11.0. The van der Waals surface area contributed by atoms with Gasteiger partial charge in [0.2, 0.25) is 0 Å². The third-order valence-electron chi connectivity index (χ3n) is 5.75. The minimum absolute atomic E-state index is 0. The molecule has 0 saturated carbocycles. The summed E-state index contributed by atoms with van der Waals surface area (Å²) in [5.74, 6) is 2.72. The number of aromatic amines is 1. The molecule has 0 atom stereocenters. The van der Waals surface area contributed by atoms with Crippen LogP contribution in [0.4, 0.5) is 0 Å². The van der Waals surface area contributed by atoms with Crippen molar-refractivity contribution in [3.05, 3.63) is 42.4 Å². The van der Waals surface area contributed by atoms with Gasteiger partial charge in [-0.1, -0.05) is 37.3 Å². The molecule has 0 amide bonds. The van der Waals surface area contributed by atoms with Crippen molar-refractivity contribution in [1.29, 1.82) is 0 Å². The molecule has 2 aromatic rings. The van der Waals surface area contributed by atoms with Gasteiger partial charge in [-0.3, -0.25) is 4.99 Å². The Hall–Kier alpha value is -1.61. The van der Waals surface area contributed by atoms with Crippen molar-refractivity contribution < 1.29 is 0 Å². The number of guanidine groups is 1. The lowest BCUT2D eigenvalue weighted by Gasteiger charge is -2.30. The average Bonchev–Trinajstić information content (AvgIpc) is 3.22. The number of hydrogen-bond donors (Lipinski definition) is 2. The molecule has 1 aliphatic heterocycles. The number of H-pyrrole nitrogens is 1. The van der Waals surface area contributed by atoms with Crippen LogP contribution in [0.15, 0.2) is 41.5 Å². The van der Waals surface area contributed by atoms with Gasteiger partial charge in [0, 0.05) is 20.1 Å². The van der Waals surface area contributed by atoms with Crippen LogP contribution in [0.3, 0.4) is 0 Å². The van der Waals surface area contributed by atoms with Crippen LogP contribution in [-0.4, -0.2) is 65.5 Å². The molecule has 2 heterocycles. The van der Waals surface area contributed by atoms with Gasteiger partial charge in [-0.05, 0) is 57.3 Å². The van der Waals surface area contributed by atoms with Gasteiger partial charge in [-0.2, -0.15) is 0 Å². The summed E-state index contributed by atoms with van der Waals surface area (Å²) >= 11 is 0. The summed E-state index contributed by atoms with van der Waals surface area (Å²) in [5, 5.41) is 3.42. The summed E-state index contributed by atoms with van der Waals surface area (Å²) in [4.78, 5) is 17.6. The van der Waals surface area contributed by atoms with E-state index in [1.54, 1.807) is 0 Å². The first-order valence-corrected chi connectivity index (χ1v) is 11.0. The first kappa shape index (κ1) is 24.7. The molecule has 1 aromatic carbocycles.